The summed E-state index contributed by atoms with van der Waals surface area (Å²) >= 11 is 3.44. The third-order valence-corrected chi connectivity index (χ3v) is 3.14. The van der Waals surface area contributed by atoms with Crippen molar-refractivity contribution >= 4 is 15.9 Å². The predicted molar refractivity (Wildman–Crippen MR) is 78.4 cm³/mol. The Balaban J connectivity index is 2.28. The summed E-state index contributed by atoms with van der Waals surface area (Å²) in [7, 11) is 3.34. The second-order valence-electron chi connectivity index (χ2n) is 3.91. The maximum Gasteiger partial charge on any atom is 0.123 e. The minimum absolute atomic E-state index is 0.541. The van der Waals surface area contributed by atoms with Gasteiger partial charge in [-0.3, -0.25) is 0 Å². The molecule has 0 amide bonds. The van der Waals surface area contributed by atoms with Crippen LogP contribution in [0.4, 0.5) is 0 Å². The molecule has 1 aromatic carbocycles. The Hall–Kier alpha value is -0.780. The lowest BCUT2D eigenvalue weighted by Gasteiger charge is -2.11. The van der Waals surface area contributed by atoms with Crippen molar-refractivity contribution in [1.29, 1.82) is 0 Å². The van der Waals surface area contributed by atoms with Crippen LogP contribution in [0.3, 0.4) is 0 Å². The molecule has 0 aliphatic rings. The predicted octanol–water partition coefficient (Wildman–Crippen LogP) is 3.02. The van der Waals surface area contributed by atoms with E-state index in [-0.39, 0.29) is 0 Å². The van der Waals surface area contributed by atoms with E-state index in [1.807, 2.05) is 18.2 Å². The molecule has 0 heterocycles. The highest BCUT2D eigenvalue weighted by atomic mass is 79.9. The lowest BCUT2D eigenvalue weighted by Crippen LogP contribution is -2.09. The van der Waals surface area contributed by atoms with Crippen molar-refractivity contribution in [3.8, 4) is 11.5 Å². The van der Waals surface area contributed by atoms with Crippen LogP contribution in [0, 0.1) is 0 Å². The van der Waals surface area contributed by atoms with Crippen molar-refractivity contribution in [2.24, 2.45) is 0 Å². The van der Waals surface area contributed by atoms with E-state index < -0.39 is 0 Å². The van der Waals surface area contributed by atoms with Gasteiger partial charge in [-0.15, -0.1) is 0 Å². The molecule has 0 spiro atoms. The van der Waals surface area contributed by atoms with E-state index in [1.54, 1.807) is 14.2 Å². The Morgan fingerprint density at radius 1 is 1.05 bits per heavy atom. The van der Waals surface area contributed by atoms with Gasteiger partial charge in [0.25, 0.3) is 0 Å². The van der Waals surface area contributed by atoms with Crippen molar-refractivity contribution in [2.45, 2.75) is 11.8 Å². The zero-order valence-electron chi connectivity index (χ0n) is 11.5. The molecule has 0 unspecified atom stereocenters. The van der Waals surface area contributed by atoms with Crippen LogP contribution in [-0.4, -0.2) is 40.6 Å². The molecule has 4 nitrogen and oxygen atoms in total. The van der Waals surface area contributed by atoms with E-state index >= 15 is 0 Å². The van der Waals surface area contributed by atoms with Gasteiger partial charge >= 0.3 is 0 Å². The summed E-state index contributed by atoms with van der Waals surface area (Å²) in [5, 5.41) is 0.730. The van der Waals surface area contributed by atoms with Gasteiger partial charge in [0.1, 0.15) is 18.1 Å². The molecule has 0 radical (unpaired) electrons. The monoisotopic (exact) mass is 332 g/mol. The van der Waals surface area contributed by atoms with Crippen LogP contribution < -0.4 is 9.47 Å². The Morgan fingerprint density at radius 2 is 1.89 bits per heavy atom. The molecule has 0 aliphatic carbocycles. The minimum atomic E-state index is 0.541. The topological polar surface area (TPSA) is 36.9 Å². The summed E-state index contributed by atoms with van der Waals surface area (Å²) in [4.78, 5) is 0. The molecule has 1 rings (SSSR count). The Bertz CT molecular complexity index is 357. The Morgan fingerprint density at radius 3 is 2.58 bits per heavy atom. The fraction of sp³-hybridized carbons (Fsp3) is 0.571. The first-order valence-corrected chi connectivity index (χ1v) is 7.36. The van der Waals surface area contributed by atoms with Gasteiger partial charge in [-0.1, -0.05) is 15.9 Å². The van der Waals surface area contributed by atoms with E-state index in [0.717, 1.165) is 35.4 Å². The summed E-state index contributed by atoms with van der Waals surface area (Å²) in [5.41, 5.74) is 1.07. The molecule has 108 valence electrons. The second-order valence-corrected chi connectivity index (χ2v) is 4.48. The highest BCUT2D eigenvalue weighted by Crippen LogP contribution is 2.26. The SMILES string of the molecule is COCCCOCCOc1ccc(OC)cc1CBr. The zero-order chi connectivity index (χ0) is 13.9. The first-order chi connectivity index (χ1) is 9.31. The van der Waals surface area contributed by atoms with Crippen LogP contribution in [-0.2, 0) is 14.8 Å². The van der Waals surface area contributed by atoms with Crippen LogP contribution in [0.1, 0.15) is 12.0 Å². The fourth-order valence-electron chi connectivity index (χ4n) is 1.55. The lowest BCUT2D eigenvalue weighted by atomic mass is 10.2. The van der Waals surface area contributed by atoms with Gasteiger partial charge in [0.05, 0.1) is 13.7 Å². The number of alkyl halides is 1. The summed E-state index contributed by atoms with van der Waals surface area (Å²) in [6.45, 7) is 2.55. The summed E-state index contributed by atoms with van der Waals surface area (Å²) in [5.74, 6) is 1.69. The standard InChI is InChI=1S/C14H21BrO4/c1-16-6-3-7-18-8-9-19-14-5-4-13(17-2)10-12(14)11-15/h4-5,10H,3,6-9,11H2,1-2H3. The number of benzene rings is 1. The average molecular weight is 333 g/mol. The van der Waals surface area contributed by atoms with Crippen molar-refractivity contribution < 1.29 is 18.9 Å². The van der Waals surface area contributed by atoms with Crippen LogP contribution in [0.25, 0.3) is 0 Å². The fourth-order valence-corrected chi connectivity index (χ4v) is 1.98. The summed E-state index contributed by atoms with van der Waals surface area (Å²) < 4.78 is 21.2. The Labute approximate surface area is 123 Å². The van der Waals surface area contributed by atoms with Crippen LogP contribution >= 0.6 is 15.9 Å². The molecule has 0 N–H and O–H groups in total. The molecular formula is C14H21BrO4. The molecule has 0 atom stereocenters. The van der Waals surface area contributed by atoms with Gasteiger partial charge < -0.3 is 18.9 Å². The molecule has 5 heteroatoms. The lowest BCUT2D eigenvalue weighted by molar-refractivity contribution is 0.0805. The number of hydrogen-bond donors (Lipinski definition) is 0. The van der Waals surface area contributed by atoms with Crippen molar-refractivity contribution in [3.63, 3.8) is 0 Å². The number of methoxy groups -OCH3 is 2. The Kier molecular flexibility index (Phi) is 8.62. The van der Waals surface area contributed by atoms with Crippen molar-refractivity contribution in [3.05, 3.63) is 23.8 Å². The van der Waals surface area contributed by atoms with E-state index in [9.17, 15) is 0 Å². The van der Waals surface area contributed by atoms with Gasteiger partial charge in [0, 0.05) is 31.2 Å². The molecule has 1 aromatic rings. The molecule has 0 fully saturated rings. The smallest absolute Gasteiger partial charge is 0.123 e. The maximum atomic E-state index is 5.69. The molecular weight excluding hydrogens is 312 g/mol. The van der Waals surface area contributed by atoms with Gasteiger partial charge in [-0.2, -0.15) is 0 Å². The quantitative estimate of drug-likeness (QED) is 0.487. The molecule has 0 aliphatic heterocycles. The average Bonchev–Trinajstić information content (AvgIpc) is 2.46. The number of rotatable bonds is 10. The van der Waals surface area contributed by atoms with E-state index in [1.165, 1.54) is 0 Å². The third-order valence-electron chi connectivity index (χ3n) is 2.53. The summed E-state index contributed by atoms with van der Waals surface area (Å²) in [6, 6.07) is 5.77. The molecule has 0 saturated carbocycles. The third kappa shape index (κ3) is 6.27. The van der Waals surface area contributed by atoms with E-state index in [0.29, 0.717) is 19.8 Å². The second kappa shape index (κ2) is 10.1. The van der Waals surface area contributed by atoms with Crippen LogP contribution in [0.5, 0.6) is 11.5 Å². The van der Waals surface area contributed by atoms with Crippen LogP contribution in [0.15, 0.2) is 18.2 Å². The number of hydrogen-bond acceptors (Lipinski definition) is 4. The molecule has 0 bridgehead atoms. The summed E-state index contributed by atoms with van der Waals surface area (Å²) in [6.07, 6.45) is 0.908. The van der Waals surface area contributed by atoms with Crippen LogP contribution in [0.2, 0.25) is 0 Å². The minimum Gasteiger partial charge on any atom is -0.497 e. The first kappa shape index (κ1) is 16.3. The molecule has 19 heavy (non-hydrogen) atoms. The molecule has 0 saturated heterocycles. The van der Waals surface area contributed by atoms with Gasteiger partial charge in [-0.05, 0) is 24.6 Å². The first-order valence-electron chi connectivity index (χ1n) is 6.24. The number of halogens is 1. The van der Waals surface area contributed by atoms with Crippen molar-refractivity contribution in [1.82, 2.24) is 0 Å². The largest absolute Gasteiger partial charge is 0.497 e. The molecule has 0 aromatic heterocycles. The van der Waals surface area contributed by atoms with Gasteiger partial charge in [0.15, 0.2) is 0 Å². The maximum absolute atomic E-state index is 5.69. The van der Waals surface area contributed by atoms with E-state index in [4.69, 9.17) is 18.9 Å². The highest BCUT2D eigenvalue weighted by molar-refractivity contribution is 9.08. The normalized spacial score (nSPS) is 10.5. The van der Waals surface area contributed by atoms with Crippen molar-refractivity contribution in [2.75, 3.05) is 40.6 Å². The van der Waals surface area contributed by atoms with Gasteiger partial charge in [-0.25, -0.2) is 0 Å². The number of ether oxygens (including phenoxy) is 4. The zero-order valence-corrected chi connectivity index (χ0v) is 13.1. The van der Waals surface area contributed by atoms with E-state index in [2.05, 4.69) is 15.9 Å². The van der Waals surface area contributed by atoms with Gasteiger partial charge in [0.2, 0.25) is 0 Å². The highest BCUT2D eigenvalue weighted by Gasteiger charge is 2.04.